The van der Waals surface area contributed by atoms with Gasteiger partial charge >= 0.3 is 5.97 Å². The van der Waals surface area contributed by atoms with Gasteiger partial charge in [-0.1, -0.05) is 23.7 Å². The van der Waals surface area contributed by atoms with Crippen LogP contribution < -0.4 is 9.62 Å². The number of anilines is 2. The van der Waals surface area contributed by atoms with Gasteiger partial charge < -0.3 is 5.11 Å². The molecule has 3 aromatic rings. The summed E-state index contributed by atoms with van der Waals surface area (Å²) in [5, 5.41) is 13.6. The average molecular weight is 478 g/mol. The molecule has 4 rings (SSSR count). The van der Waals surface area contributed by atoms with E-state index in [1.165, 1.54) is 22.5 Å². The van der Waals surface area contributed by atoms with E-state index in [2.05, 4.69) is 10.3 Å². The van der Waals surface area contributed by atoms with Crippen molar-refractivity contribution in [3.8, 4) is 0 Å². The summed E-state index contributed by atoms with van der Waals surface area (Å²) in [5.41, 5.74) is 1.88. The van der Waals surface area contributed by atoms with Crippen LogP contribution in [0.2, 0.25) is 5.02 Å². The summed E-state index contributed by atoms with van der Waals surface area (Å²) in [6.45, 7) is 0.264. The summed E-state index contributed by atoms with van der Waals surface area (Å²) in [4.78, 5) is 27.6. The Balaban J connectivity index is 1.59. The minimum absolute atomic E-state index is 0.0800. The average Bonchev–Trinajstić information content (AvgIpc) is 3.33. The molecule has 1 aliphatic heterocycles. The number of sulfonamides is 1. The molecule has 2 N–H and O–H groups in total. The lowest BCUT2D eigenvalue weighted by Crippen LogP contribution is -2.29. The zero-order valence-electron chi connectivity index (χ0n) is 15.9. The third-order valence-corrected chi connectivity index (χ3v) is 7.54. The molecule has 0 radical (unpaired) electrons. The molecule has 0 saturated carbocycles. The minimum Gasteiger partial charge on any atom is -0.481 e. The maximum absolute atomic E-state index is 13.1. The zero-order valence-corrected chi connectivity index (χ0v) is 18.3. The molecular weight excluding hydrogens is 462 g/mol. The lowest BCUT2D eigenvalue weighted by molar-refractivity contribution is -0.136. The first kappa shape index (κ1) is 21.3. The highest BCUT2D eigenvalue weighted by Crippen LogP contribution is 2.34. The van der Waals surface area contributed by atoms with Crippen LogP contribution in [-0.2, 0) is 27.7 Å². The largest absolute Gasteiger partial charge is 0.481 e. The number of carbonyl (C=O) groups is 2. The first-order valence-electron chi connectivity index (χ1n) is 9.13. The number of rotatable bonds is 6. The number of halogens is 1. The molecule has 0 fully saturated rings. The summed E-state index contributed by atoms with van der Waals surface area (Å²) in [7, 11) is -3.83. The van der Waals surface area contributed by atoms with E-state index in [-0.39, 0.29) is 28.6 Å². The smallest absolute Gasteiger partial charge is 0.309 e. The van der Waals surface area contributed by atoms with Gasteiger partial charge in [-0.2, -0.15) is 0 Å². The predicted molar refractivity (Wildman–Crippen MR) is 118 cm³/mol. The Labute approximate surface area is 187 Å². The van der Waals surface area contributed by atoms with Crippen LogP contribution in [0.15, 0.2) is 52.7 Å². The SMILES string of the molecule is O=C(O)Cc1csc(NC(=O)c2ccc3c(c2)N(S(=O)(=O)c2cccc(Cl)c2)CC3)n1. The highest BCUT2D eigenvalue weighted by Gasteiger charge is 2.31. The highest BCUT2D eigenvalue weighted by atomic mass is 35.5. The Hall–Kier alpha value is -2.95. The van der Waals surface area contributed by atoms with Crippen LogP contribution in [-0.4, -0.2) is 36.9 Å². The van der Waals surface area contributed by atoms with Gasteiger partial charge in [0.1, 0.15) is 0 Å². The molecule has 11 heteroatoms. The van der Waals surface area contributed by atoms with Gasteiger partial charge in [0.2, 0.25) is 0 Å². The van der Waals surface area contributed by atoms with Crippen molar-refractivity contribution in [2.24, 2.45) is 0 Å². The third-order valence-electron chi connectivity index (χ3n) is 4.69. The molecule has 0 unspecified atom stereocenters. The molecule has 0 saturated heterocycles. The molecule has 1 aromatic heterocycles. The van der Waals surface area contributed by atoms with E-state index in [0.717, 1.165) is 16.9 Å². The fourth-order valence-corrected chi connectivity index (χ4v) is 5.77. The second-order valence-corrected chi connectivity index (χ2v) is 9.95. The van der Waals surface area contributed by atoms with E-state index in [9.17, 15) is 18.0 Å². The maximum atomic E-state index is 13.1. The molecular formula is C20H16ClN3O5S2. The van der Waals surface area contributed by atoms with Crippen LogP contribution in [0.25, 0.3) is 0 Å². The number of thiazole rings is 1. The molecule has 0 atom stereocenters. The quantitative estimate of drug-likeness (QED) is 0.561. The van der Waals surface area contributed by atoms with Crippen molar-refractivity contribution < 1.29 is 23.1 Å². The Kier molecular flexibility index (Phi) is 5.69. The van der Waals surface area contributed by atoms with Crippen molar-refractivity contribution in [1.29, 1.82) is 0 Å². The molecule has 0 aliphatic carbocycles. The van der Waals surface area contributed by atoms with E-state index < -0.39 is 21.9 Å². The van der Waals surface area contributed by atoms with E-state index >= 15 is 0 Å². The molecule has 160 valence electrons. The number of nitrogens with one attached hydrogen (secondary N) is 1. The van der Waals surface area contributed by atoms with Gasteiger partial charge in [-0.3, -0.25) is 19.2 Å². The van der Waals surface area contributed by atoms with Crippen molar-refractivity contribution in [1.82, 2.24) is 4.98 Å². The fourth-order valence-electron chi connectivity index (χ4n) is 3.27. The highest BCUT2D eigenvalue weighted by molar-refractivity contribution is 7.92. The normalized spacial score (nSPS) is 13.1. The molecule has 0 spiro atoms. The molecule has 1 amide bonds. The molecule has 2 heterocycles. The second kappa shape index (κ2) is 8.29. The molecule has 1 aliphatic rings. The van der Waals surface area contributed by atoms with Crippen molar-refractivity contribution in [2.45, 2.75) is 17.7 Å². The van der Waals surface area contributed by atoms with Crippen molar-refractivity contribution >= 4 is 55.7 Å². The van der Waals surface area contributed by atoms with Gasteiger partial charge in [0.25, 0.3) is 15.9 Å². The van der Waals surface area contributed by atoms with Crippen molar-refractivity contribution in [3.63, 3.8) is 0 Å². The number of hydrogen-bond donors (Lipinski definition) is 2. The summed E-state index contributed by atoms with van der Waals surface area (Å²) >= 11 is 7.08. The number of carboxylic acids is 1. The number of amides is 1. The van der Waals surface area contributed by atoms with Crippen molar-refractivity contribution in [2.75, 3.05) is 16.2 Å². The number of carboxylic acid groups (broad SMARTS) is 1. The summed E-state index contributed by atoms with van der Waals surface area (Å²) < 4.78 is 27.5. The molecule has 2 aromatic carbocycles. The summed E-state index contributed by atoms with van der Waals surface area (Å²) in [5.74, 6) is -1.48. The Bertz CT molecular complexity index is 1290. The van der Waals surface area contributed by atoms with Gasteiger partial charge in [-0.05, 0) is 42.3 Å². The van der Waals surface area contributed by atoms with Gasteiger partial charge in [-0.15, -0.1) is 11.3 Å². The van der Waals surface area contributed by atoms with Gasteiger partial charge in [-0.25, -0.2) is 13.4 Å². The Morgan fingerprint density at radius 2 is 2.03 bits per heavy atom. The van der Waals surface area contributed by atoms with E-state index in [1.807, 2.05) is 0 Å². The molecule has 0 bridgehead atoms. The van der Waals surface area contributed by atoms with E-state index in [1.54, 1.807) is 29.6 Å². The first-order valence-corrected chi connectivity index (χ1v) is 11.8. The predicted octanol–water partition coefficient (Wildman–Crippen LogP) is 3.43. The van der Waals surface area contributed by atoms with Crippen LogP contribution in [0.3, 0.4) is 0 Å². The zero-order chi connectivity index (χ0) is 22.2. The molecule has 8 nitrogen and oxygen atoms in total. The summed E-state index contributed by atoms with van der Waals surface area (Å²) in [6.07, 6.45) is 0.295. The minimum atomic E-state index is -3.83. The number of hydrogen-bond acceptors (Lipinski definition) is 6. The number of nitrogens with zero attached hydrogens (tertiary/aromatic N) is 2. The van der Waals surface area contributed by atoms with Gasteiger partial charge in [0.15, 0.2) is 5.13 Å². The van der Waals surface area contributed by atoms with Gasteiger partial charge in [0, 0.05) is 22.5 Å². The number of benzene rings is 2. The van der Waals surface area contributed by atoms with Crippen LogP contribution in [0.1, 0.15) is 21.6 Å². The monoisotopic (exact) mass is 477 g/mol. The fraction of sp³-hybridized carbons (Fsp3) is 0.150. The summed E-state index contributed by atoms with van der Waals surface area (Å²) in [6, 6.07) is 10.9. The Morgan fingerprint density at radius 3 is 2.77 bits per heavy atom. The van der Waals surface area contributed by atoms with Crippen LogP contribution in [0.5, 0.6) is 0 Å². The van der Waals surface area contributed by atoms with Crippen LogP contribution >= 0.6 is 22.9 Å². The lowest BCUT2D eigenvalue weighted by atomic mass is 10.1. The Morgan fingerprint density at radius 1 is 1.23 bits per heavy atom. The third kappa shape index (κ3) is 4.41. The van der Waals surface area contributed by atoms with Crippen molar-refractivity contribution in [3.05, 3.63) is 69.7 Å². The number of aromatic nitrogens is 1. The van der Waals surface area contributed by atoms with E-state index in [0.29, 0.717) is 22.8 Å². The first-order chi connectivity index (χ1) is 14.7. The maximum Gasteiger partial charge on any atom is 0.309 e. The number of aliphatic carboxylic acids is 1. The topological polar surface area (TPSA) is 117 Å². The van der Waals surface area contributed by atoms with Crippen LogP contribution in [0.4, 0.5) is 10.8 Å². The second-order valence-electron chi connectivity index (χ2n) is 6.80. The van der Waals surface area contributed by atoms with Crippen LogP contribution in [0, 0.1) is 0 Å². The number of fused-ring (bicyclic) bond motifs is 1. The molecule has 31 heavy (non-hydrogen) atoms. The number of carbonyl (C=O) groups excluding carboxylic acids is 1. The standard InChI is InChI=1S/C20H16ClN3O5S2/c21-14-2-1-3-16(9-14)31(28,29)24-7-6-12-4-5-13(8-17(12)24)19(27)23-20-22-15(11-30-20)10-18(25)26/h1-5,8-9,11H,6-7,10H2,(H,25,26)(H,22,23,27). The van der Waals surface area contributed by atoms with Gasteiger partial charge in [0.05, 0.1) is 22.7 Å². The van der Waals surface area contributed by atoms with E-state index in [4.69, 9.17) is 16.7 Å². The lowest BCUT2D eigenvalue weighted by Gasteiger charge is -2.20.